The molecule has 3 rings (SSSR count). The van der Waals surface area contributed by atoms with Crippen LogP contribution in [0.15, 0.2) is 42.6 Å². The van der Waals surface area contributed by atoms with Crippen molar-refractivity contribution < 1.29 is 32.6 Å². The summed E-state index contributed by atoms with van der Waals surface area (Å²) >= 11 is 0. The second kappa shape index (κ2) is 9.90. The number of aromatic nitrogens is 2. The van der Waals surface area contributed by atoms with Crippen molar-refractivity contribution in [2.75, 3.05) is 26.1 Å². The fourth-order valence-electron chi connectivity index (χ4n) is 2.89. The van der Waals surface area contributed by atoms with Gasteiger partial charge in [-0.2, -0.15) is 5.10 Å². The maximum absolute atomic E-state index is 14.0. The summed E-state index contributed by atoms with van der Waals surface area (Å²) in [5, 5.41) is 6.88. The first-order chi connectivity index (χ1) is 15.3. The molecule has 1 N–H and O–H groups in total. The minimum atomic E-state index is -0.592. The molecule has 8 nitrogen and oxygen atoms in total. The average molecular weight is 445 g/mol. The summed E-state index contributed by atoms with van der Waals surface area (Å²) in [6.07, 6.45) is 1.51. The Morgan fingerprint density at radius 3 is 2.59 bits per heavy atom. The molecular weight excluding hydrogens is 424 g/mol. The van der Waals surface area contributed by atoms with Gasteiger partial charge in [-0.05, 0) is 43.3 Å². The number of amides is 1. The number of ether oxygens (including phenoxy) is 3. The molecule has 0 radical (unpaired) electrons. The van der Waals surface area contributed by atoms with Crippen LogP contribution in [0.2, 0.25) is 0 Å². The van der Waals surface area contributed by atoms with Gasteiger partial charge in [-0.15, -0.1) is 0 Å². The second-order valence-corrected chi connectivity index (χ2v) is 6.75. The Hall–Kier alpha value is -3.95. The Labute approximate surface area is 182 Å². The van der Waals surface area contributed by atoms with Gasteiger partial charge in [0.1, 0.15) is 17.5 Å². The molecule has 0 saturated heterocycles. The fraction of sp³-hybridized carbons (Fsp3) is 0.227. The van der Waals surface area contributed by atoms with E-state index in [1.165, 1.54) is 43.3 Å². The van der Waals surface area contributed by atoms with E-state index < -0.39 is 23.5 Å². The van der Waals surface area contributed by atoms with Gasteiger partial charge < -0.3 is 19.5 Å². The first-order valence-electron chi connectivity index (χ1n) is 9.47. The smallest absolute Gasteiger partial charge is 0.343 e. The highest BCUT2D eigenvalue weighted by Gasteiger charge is 2.17. The highest BCUT2D eigenvalue weighted by atomic mass is 19.1. The van der Waals surface area contributed by atoms with Crippen LogP contribution in [0.5, 0.6) is 11.5 Å². The maximum atomic E-state index is 14.0. The molecule has 0 atom stereocenters. The van der Waals surface area contributed by atoms with Crippen molar-refractivity contribution in [3.05, 3.63) is 70.9 Å². The molecule has 32 heavy (non-hydrogen) atoms. The molecule has 0 bridgehead atoms. The van der Waals surface area contributed by atoms with Crippen LogP contribution in [0.25, 0.3) is 0 Å². The van der Waals surface area contributed by atoms with E-state index in [-0.39, 0.29) is 30.0 Å². The molecule has 10 heteroatoms. The first-order valence-corrected chi connectivity index (χ1v) is 9.47. The van der Waals surface area contributed by atoms with E-state index in [1.807, 2.05) is 0 Å². The maximum Gasteiger partial charge on any atom is 0.343 e. The monoisotopic (exact) mass is 445 g/mol. The second-order valence-electron chi connectivity index (χ2n) is 6.75. The Kier molecular flexibility index (Phi) is 7.04. The third-order valence-corrected chi connectivity index (χ3v) is 4.58. The third kappa shape index (κ3) is 5.20. The van der Waals surface area contributed by atoms with Crippen LogP contribution in [-0.2, 0) is 16.1 Å². The number of aryl methyl sites for hydroxylation is 1. The summed E-state index contributed by atoms with van der Waals surface area (Å²) in [4.78, 5) is 24.2. The lowest BCUT2D eigenvalue weighted by molar-refractivity contribution is -0.142. The molecule has 0 aliphatic rings. The van der Waals surface area contributed by atoms with E-state index in [2.05, 4.69) is 15.2 Å². The number of hydrogen-bond acceptors (Lipinski definition) is 6. The van der Waals surface area contributed by atoms with E-state index in [9.17, 15) is 18.4 Å². The topological polar surface area (TPSA) is 91.7 Å². The molecule has 0 aliphatic heterocycles. The molecule has 1 heterocycles. The predicted molar refractivity (Wildman–Crippen MR) is 111 cm³/mol. The third-order valence-electron chi connectivity index (χ3n) is 4.58. The van der Waals surface area contributed by atoms with Gasteiger partial charge in [0, 0.05) is 16.7 Å². The van der Waals surface area contributed by atoms with Crippen molar-refractivity contribution in [1.29, 1.82) is 0 Å². The van der Waals surface area contributed by atoms with Crippen molar-refractivity contribution in [3.8, 4) is 11.5 Å². The fourth-order valence-corrected chi connectivity index (χ4v) is 2.89. The van der Waals surface area contributed by atoms with Crippen molar-refractivity contribution in [3.63, 3.8) is 0 Å². The van der Waals surface area contributed by atoms with E-state index in [0.29, 0.717) is 17.1 Å². The highest BCUT2D eigenvalue weighted by Crippen LogP contribution is 2.29. The van der Waals surface area contributed by atoms with Crippen molar-refractivity contribution >= 4 is 17.7 Å². The molecule has 168 valence electrons. The zero-order chi connectivity index (χ0) is 23.3. The number of benzene rings is 2. The Bertz CT molecular complexity index is 1150. The van der Waals surface area contributed by atoms with E-state index in [0.717, 1.165) is 18.2 Å². The number of nitrogens with one attached hydrogen (secondary N) is 1. The Morgan fingerprint density at radius 1 is 1.09 bits per heavy atom. The van der Waals surface area contributed by atoms with Crippen LogP contribution in [0.1, 0.15) is 21.5 Å². The minimum absolute atomic E-state index is 0.0802. The van der Waals surface area contributed by atoms with Crippen molar-refractivity contribution in [2.24, 2.45) is 0 Å². The number of rotatable bonds is 8. The molecule has 3 aromatic rings. The number of methoxy groups -OCH3 is 2. The zero-order valence-electron chi connectivity index (χ0n) is 17.6. The van der Waals surface area contributed by atoms with Gasteiger partial charge in [0.25, 0.3) is 5.91 Å². The summed E-state index contributed by atoms with van der Waals surface area (Å²) in [7, 11) is 2.65. The van der Waals surface area contributed by atoms with Crippen LogP contribution in [0, 0.1) is 18.6 Å². The van der Waals surface area contributed by atoms with Crippen LogP contribution >= 0.6 is 0 Å². The highest BCUT2D eigenvalue weighted by molar-refractivity contribution is 6.04. The summed E-state index contributed by atoms with van der Waals surface area (Å²) < 4.78 is 44.0. The molecule has 0 spiro atoms. The van der Waals surface area contributed by atoms with E-state index >= 15 is 0 Å². The minimum Gasteiger partial charge on any atom is -0.493 e. The van der Waals surface area contributed by atoms with Gasteiger partial charge in [-0.3, -0.25) is 4.79 Å². The average Bonchev–Trinajstić information content (AvgIpc) is 3.13. The number of esters is 1. The number of halogens is 2. The molecule has 0 fully saturated rings. The molecular formula is C22H21F2N3O5. The van der Waals surface area contributed by atoms with Crippen LogP contribution in [0.3, 0.4) is 0 Å². The Balaban J connectivity index is 1.82. The lowest BCUT2D eigenvalue weighted by Gasteiger charge is -2.13. The lowest BCUT2D eigenvalue weighted by Crippen LogP contribution is -2.18. The number of anilines is 1. The van der Waals surface area contributed by atoms with E-state index in [4.69, 9.17) is 9.47 Å². The summed E-state index contributed by atoms with van der Waals surface area (Å²) in [6, 6.07) is 7.59. The SMILES string of the molecule is COC(=O)COc1cc(C(=O)Nc2c(C)cnn2Cc2cc(F)ccc2F)ccc1OC. The lowest BCUT2D eigenvalue weighted by atomic mass is 10.2. The van der Waals surface area contributed by atoms with Crippen LogP contribution in [0.4, 0.5) is 14.6 Å². The quantitative estimate of drug-likeness (QED) is 0.535. The molecule has 1 amide bonds. The first kappa shape index (κ1) is 22.7. The number of carbonyl (C=O) groups is 2. The summed E-state index contributed by atoms with van der Waals surface area (Å²) in [5.74, 6) is -1.42. The van der Waals surface area contributed by atoms with Crippen LogP contribution < -0.4 is 14.8 Å². The van der Waals surface area contributed by atoms with Crippen molar-refractivity contribution in [2.45, 2.75) is 13.5 Å². The normalized spacial score (nSPS) is 10.5. The van der Waals surface area contributed by atoms with E-state index in [1.54, 1.807) is 6.92 Å². The van der Waals surface area contributed by atoms with Gasteiger partial charge in [0.05, 0.1) is 27.0 Å². The standard InChI is InChI=1S/C22H21F2N3O5/c1-13-10-25-27(11-15-8-16(23)5-6-17(15)24)21(13)26-22(29)14-4-7-18(30-2)19(9-14)32-12-20(28)31-3/h4-10H,11-12H2,1-3H3,(H,26,29). The number of hydrogen-bond donors (Lipinski definition) is 1. The predicted octanol–water partition coefficient (Wildman–Crippen LogP) is 3.33. The molecule has 0 aliphatic carbocycles. The molecule has 2 aromatic carbocycles. The molecule has 1 aromatic heterocycles. The van der Waals surface area contributed by atoms with Gasteiger partial charge in [-0.25, -0.2) is 18.3 Å². The zero-order valence-corrected chi connectivity index (χ0v) is 17.6. The molecule has 0 unspecified atom stereocenters. The van der Waals surface area contributed by atoms with Gasteiger partial charge in [0.2, 0.25) is 0 Å². The Morgan fingerprint density at radius 2 is 1.88 bits per heavy atom. The summed E-state index contributed by atoms with van der Waals surface area (Å²) in [5.41, 5.74) is 0.937. The largest absolute Gasteiger partial charge is 0.493 e. The van der Waals surface area contributed by atoms with Gasteiger partial charge in [0.15, 0.2) is 18.1 Å². The van der Waals surface area contributed by atoms with Gasteiger partial charge in [-0.1, -0.05) is 0 Å². The summed E-state index contributed by atoms with van der Waals surface area (Å²) in [6.45, 7) is 1.28. The van der Waals surface area contributed by atoms with Gasteiger partial charge >= 0.3 is 5.97 Å². The number of carbonyl (C=O) groups excluding carboxylic acids is 2. The number of nitrogens with zero attached hydrogens (tertiary/aromatic N) is 2. The van der Waals surface area contributed by atoms with Crippen molar-refractivity contribution in [1.82, 2.24) is 9.78 Å². The van der Waals surface area contributed by atoms with Crippen LogP contribution in [-0.4, -0.2) is 42.5 Å². The molecule has 0 saturated carbocycles.